The third-order valence-corrected chi connectivity index (χ3v) is 8.65. The molecule has 0 aliphatic heterocycles. The fourth-order valence-corrected chi connectivity index (χ4v) is 6.55. The second-order valence-electron chi connectivity index (χ2n) is 8.10. The maximum atomic E-state index is 12.6. The summed E-state index contributed by atoms with van der Waals surface area (Å²) in [6.07, 6.45) is 8.08. The number of thioether (sulfide) groups is 1. The highest BCUT2D eigenvalue weighted by atomic mass is 127. The van der Waals surface area contributed by atoms with Gasteiger partial charge in [-0.15, -0.1) is 28.1 Å². The Balaban J connectivity index is 1.33. The van der Waals surface area contributed by atoms with Crippen LogP contribution >= 0.6 is 45.7 Å². The van der Waals surface area contributed by atoms with E-state index in [1.807, 2.05) is 6.08 Å². The molecule has 6 nitrogen and oxygen atoms in total. The van der Waals surface area contributed by atoms with Gasteiger partial charge in [0.05, 0.1) is 5.56 Å². The summed E-state index contributed by atoms with van der Waals surface area (Å²) in [6, 6.07) is 10.8. The van der Waals surface area contributed by atoms with E-state index in [1.54, 1.807) is 11.3 Å². The van der Waals surface area contributed by atoms with Crippen molar-refractivity contribution >= 4 is 56.6 Å². The van der Waals surface area contributed by atoms with Gasteiger partial charge in [0.15, 0.2) is 5.16 Å². The molecule has 0 saturated carbocycles. The van der Waals surface area contributed by atoms with E-state index in [0.717, 1.165) is 55.1 Å². The van der Waals surface area contributed by atoms with Gasteiger partial charge in [0.25, 0.3) is 0 Å². The van der Waals surface area contributed by atoms with Crippen LogP contribution < -0.4 is 5.32 Å². The number of aromatic nitrogens is 3. The predicted octanol–water partition coefficient (Wildman–Crippen LogP) is 5.79. The number of benzene rings is 1. The fraction of sp³-hybridized carbons (Fsp3) is 0.360. The van der Waals surface area contributed by atoms with Crippen molar-refractivity contribution in [3.63, 3.8) is 0 Å². The maximum absolute atomic E-state index is 12.6. The minimum Gasteiger partial charge on any atom is -0.317 e. The van der Waals surface area contributed by atoms with Gasteiger partial charge in [-0.25, -0.2) is 0 Å². The Hall–Kier alpha value is -2.16. The molecule has 1 amide bonds. The summed E-state index contributed by atoms with van der Waals surface area (Å²) < 4.78 is 3.30. The molecule has 34 heavy (non-hydrogen) atoms. The molecule has 0 saturated heterocycles. The zero-order chi connectivity index (χ0) is 23.9. The number of halogens is 1. The van der Waals surface area contributed by atoms with E-state index in [0.29, 0.717) is 29.3 Å². The quantitative estimate of drug-likeness (QED) is 0.180. The molecule has 1 aliphatic carbocycles. The number of nitrogens with zero attached hydrogens (tertiary/aromatic N) is 4. The molecule has 2 heterocycles. The Morgan fingerprint density at radius 2 is 2.06 bits per heavy atom. The van der Waals surface area contributed by atoms with Crippen LogP contribution in [0, 0.1) is 14.9 Å². The molecule has 4 rings (SSSR count). The average molecular weight is 604 g/mol. The number of rotatable bonds is 10. The van der Waals surface area contributed by atoms with Crippen LogP contribution in [0.1, 0.15) is 46.7 Å². The van der Waals surface area contributed by atoms with Gasteiger partial charge >= 0.3 is 0 Å². The molecule has 0 atom stereocenters. The molecule has 1 aromatic carbocycles. The van der Waals surface area contributed by atoms with Crippen LogP contribution in [0.15, 0.2) is 42.1 Å². The van der Waals surface area contributed by atoms with E-state index in [-0.39, 0.29) is 5.91 Å². The van der Waals surface area contributed by atoms with E-state index in [1.165, 1.54) is 25.8 Å². The van der Waals surface area contributed by atoms with Gasteiger partial charge in [-0.05, 0) is 78.0 Å². The van der Waals surface area contributed by atoms with E-state index < -0.39 is 0 Å². The van der Waals surface area contributed by atoms with Crippen molar-refractivity contribution in [2.75, 3.05) is 11.1 Å². The van der Waals surface area contributed by atoms with Crippen molar-refractivity contribution in [1.82, 2.24) is 14.8 Å². The second-order valence-corrected chi connectivity index (χ2v) is 11.5. The Bertz CT molecular complexity index is 1210. The van der Waals surface area contributed by atoms with E-state index in [2.05, 4.69) is 79.6 Å². The molecule has 176 valence electrons. The number of fused-ring (bicyclic) bond motifs is 1. The summed E-state index contributed by atoms with van der Waals surface area (Å²) in [4.78, 5) is 13.8. The Morgan fingerprint density at radius 3 is 2.82 bits per heavy atom. The van der Waals surface area contributed by atoms with Crippen LogP contribution in [0.25, 0.3) is 0 Å². The second kappa shape index (κ2) is 12.0. The van der Waals surface area contributed by atoms with Gasteiger partial charge in [-0.3, -0.25) is 4.79 Å². The van der Waals surface area contributed by atoms with E-state index >= 15 is 0 Å². The Kier molecular flexibility index (Phi) is 8.80. The van der Waals surface area contributed by atoms with Gasteiger partial charge in [0, 0.05) is 33.6 Å². The summed E-state index contributed by atoms with van der Waals surface area (Å²) in [7, 11) is 0. The molecule has 0 bridgehead atoms. The monoisotopic (exact) mass is 603 g/mol. The van der Waals surface area contributed by atoms with Gasteiger partial charge in [0.1, 0.15) is 16.9 Å². The van der Waals surface area contributed by atoms with Gasteiger partial charge in [-0.2, -0.15) is 5.26 Å². The minimum atomic E-state index is -0.0729. The Morgan fingerprint density at radius 1 is 1.26 bits per heavy atom. The molecule has 1 aliphatic rings. The average Bonchev–Trinajstić information content (AvgIpc) is 3.39. The summed E-state index contributed by atoms with van der Waals surface area (Å²) in [5.74, 6) is 1.44. The van der Waals surface area contributed by atoms with Crippen LogP contribution in [0.5, 0.6) is 0 Å². The molecule has 2 aromatic heterocycles. The molecule has 1 N–H and O–H groups in total. The lowest BCUT2D eigenvalue weighted by atomic mass is 9.96. The number of carbonyl (C=O) groups is 1. The number of anilines is 1. The van der Waals surface area contributed by atoms with Crippen molar-refractivity contribution in [3.05, 3.63) is 67.9 Å². The zero-order valence-corrected chi connectivity index (χ0v) is 22.6. The zero-order valence-electron chi connectivity index (χ0n) is 18.8. The number of carbonyl (C=O) groups excluding carboxylic acids is 1. The minimum absolute atomic E-state index is 0.0729. The standard InChI is InChI=1S/C25H26IN5OS2/c1-2-14-31-22(12-9-17-7-10-18(26)11-8-17)29-30-25(31)33-15-13-23(32)28-24-20(16-27)19-5-3-4-6-21(19)34-24/h2,7-8,10-11H,1,3-6,9,12-15H2,(H,28,32). The van der Waals surface area contributed by atoms with Crippen molar-refractivity contribution in [2.45, 2.75) is 56.6 Å². The highest BCUT2D eigenvalue weighted by molar-refractivity contribution is 14.1. The van der Waals surface area contributed by atoms with Crippen molar-refractivity contribution in [3.8, 4) is 6.07 Å². The number of nitriles is 1. The SMILES string of the molecule is C=CCn1c(CCc2ccc(I)cc2)nnc1SCCC(=O)Nc1sc2c(c1C#N)CCCC2. The van der Waals surface area contributed by atoms with Gasteiger partial charge in [0.2, 0.25) is 5.91 Å². The lowest BCUT2D eigenvalue weighted by Gasteiger charge is -2.09. The number of allylic oxidation sites excluding steroid dienone is 1. The van der Waals surface area contributed by atoms with Crippen molar-refractivity contribution < 1.29 is 4.79 Å². The smallest absolute Gasteiger partial charge is 0.225 e. The first-order chi connectivity index (χ1) is 16.6. The number of amides is 1. The normalized spacial score (nSPS) is 12.7. The first-order valence-electron chi connectivity index (χ1n) is 11.3. The summed E-state index contributed by atoms with van der Waals surface area (Å²) in [5.41, 5.74) is 3.06. The van der Waals surface area contributed by atoms with Crippen molar-refractivity contribution in [2.24, 2.45) is 0 Å². The number of hydrogen-bond acceptors (Lipinski definition) is 6. The molecule has 0 unspecified atom stereocenters. The molecule has 0 radical (unpaired) electrons. The summed E-state index contributed by atoms with van der Waals surface area (Å²) in [5, 5.41) is 22.8. The molecule has 9 heteroatoms. The molecular weight excluding hydrogens is 577 g/mol. The topological polar surface area (TPSA) is 83.6 Å². The highest BCUT2D eigenvalue weighted by Gasteiger charge is 2.22. The lowest BCUT2D eigenvalue weighted by molar-refractivity contribution is -0.115. The summed E-state index contributed by atoms with van der Waals surface area (Å²) >= 11 is 5.40. The van der Waals surface area contributed by atoms with Crippen LogP contribution in [0.3, 0.4) is 0 Å². The van der Waals surface area contributed by atoms with Crippen LogP contribution in [-0.2, 0) is 37.0 Å². The first kappa shape index (κ1) is 24.9. The number of nitrogens with one attached hydrogen (secondary N) is 1. The molecule has 0 fully saturated rings. The maximum Gasteiger partial charge on any atom is 0.225 e. The third kappa shape index (κ3) is 6.09. The summed E-state index contributed by atoms with van der Waals surface area (Å²) in [6.45, 7) is 4.50. The van der Waals surface area contributed by atoms with Gasteiger partial charge in [-0.1, -0.05) is 30.0 Å². The predicted molar refractivity (Wildman–Crippen MR) is 146 cm³/mol. The van der Waals surface area contributed by atoms with E-state index in [4.69, 9.17) is 0 Å². The third-order valence-electron chi connectivity index (χ3n) is 5.75. The van der Waals surface area contributed by atoms with Crippen LogP contribution in [0.2, 0.25) is 0 Å². The highest BCUT2D eigenvalue weighted by Crippen LogP contribution is 2.37. The van der Waals surface area contributed by atoms with Crippen LogP contribution in [-0.4, -0.2) is 26.4 Å². The fourth-order valence-electron chi connectivity index (χ4n) is 4.03. The molecule has 3 aromatic rings. The molecular formula is C25H26IN5OS2. The lowest BCUT2D eigenvalue weighted by Crippen LogP contribution is -2.12. The van der Waals surface area contributed by atoms with Crippen LogP contribution in [0.4, 0.5) is 5.00 Å². The van der Waals surface area contributed by atoms with E-state index in [9.17, 15) is 10.1 Å². The number of hydrogen-bond donors (Lipinski definition) is 1. The Labute approximate surface area is 222 Å². The molecule has 0 spiro atoms. The van der Waals surface area contributed by atoms with Gasteiger partial charge < -0.3 is 9.88 Å². The van der Waals surface area contributed by atoms with Crippen molar-refractivity contribution in [1.29, 1.82) is 5.26 Å². The first-order valence-corrected chi connectivity index (χ1v) is 14.2. The largest absolute Gasteiger partial charge is 0.317 e. The number of aryl methyl sites for hydroxylation is 3. The number of thiophene rings is 1.